The van der Waals surface area contributed by atoms with Crippen LogP contribution in [0.5, 0.6) is 0 Å². The predicted octanol–water partition coefficient (Wildman–Crippen LogP) is -3.16. The van der Waals surface area contributed by atoms with Crippen molar-refractivity contribution in [2.75, 3.05) is 6.61 Å². The van der Waals surface area contributed by atoms with Crippen molar-refractivity contribution in [2.24, 2.45) is 0 Å². The fraction of sp³-hybridized carbons (Fsp3) is 0.667. The van der Waals surface area contributed by atoms with Gasteiger partial charge in [0.2, 0.25) is 0 Å². The highest BCUT2D eigenvalue weighted by atomic mass is 16.8. The summed E-state index contributed by atoms with van der Waals surface area (Å²) in [5.74, 6) is -3.95. The van der Waals surface area contributed by atoms with Crippen LogP contribution in [0.4, 0.5) is 0 Å². The lowest BCUT2D eigenvalue weighted by Crippen LogP contribution is -2.66. The molecule has 1 aliphatic heterocycles. The van der Waals surface area contributed by atoms with E-state index in [0.29, 0.717) is 6.08 Å². The third-order valence-electron chi connectivity index (χ3n) is 2.34. The van der Waals surface area contributed by atoms with E-state index in [1.165, 1.54) is 0 Å². The molecule has 1 rings (SSSR count). The Hall–Kier alpha value is -1.03. The third-order valence-corrected chi connectivity index (χ3v) is 2.34. The molecule has 1 unspecified atom stereocenters. The van der Waals surface area contributed by atoms with Crippen LogP contribution in [0.1, 0.15) is 0 Å². The molecule has 1 fully saturated rings. The number of carbonyl (C=O) groups is 1. The number of aliphatic hydroxyl groups is 5. The molecule has 0 aliphatic carbocycles. The second kappa shape index (κ2) is 5.08. The van der Waals surface area contributed by atoms with Crippen molar-refractivity contribution in [1.29, 1.82) is 0 Å². The highest BCUT2D eigenvalue weighted by Gasteiger charge is 2.55. The zero-order valence-corrected chi connectivity index (χ0v) is 8.76. The molecule has 0 aromatic rings. The molecule has 0 saturated carbocycles. The van der Waals surface area contributed by atoms with Crippen LogP contribution < -0.4 is 0 Å². The average Bonchev–Trinajstić information content (AvgIpc) is 2.31. The van der Waals surface area contributed by atoms with Crippen LogP contribution in [-0.2, 0) is 14.3 Å². The summed E-state index contributed by atoms with van der Waals surface area (Å²) in [7, 11) is 0. The molecular formula is C9H14O8. The van der Waals surface area contributed by atoms with Crippen LogP contribution in [0, 0.1) is 0 Å². The molecule has 0 spiro atoms. The molecule has 8 heteroatoms. The molecule has 98 valence electrons. The summed E-state index contributed by atoms with van der Waals surface area (Å²) < 4.78 is 8.98. The van der Waals surface area contributed by atoms with Crippen molar-refractivity contribution in [2.45, 2.75) is 30.4 Å². The first-order valence-corrected chi connectivity index (χ1v) is 4.76. The molecule has 5 atom stereocenters. The van der Waals surface area contributed by atoms with Gasteiger partial charge in [0.25, 0.3) is 0 Å². The maximum atomic E-state index is 10.9. The SMILES string of the molecule is C=CC(=O)OC1(O)O[C@H](CO)[C@@H](O)[C@H](O)[C@H]1O. The summed E-state index contributed by atoms with van der Waals surface area (Å²) in [6.45, 7) is 2.32. The van der Waals surface area contributed by atoms with E-state index >= 15 is 0 Å². The van der Waals surface area contributed by atoms with E-state index in [-0.39, 0.29) is 0 Å². The van der Waals surface area contributed by atoms with Gasteiger partial charge in [0.15, 0.2) is 6.10 Å². The zero-order valence-electron chi connectivity index (χ0n) is 8.76. The molecule has 8 nitrogen and oxygen atoms in total. The van der Waals surface area contributed by atoms with E-state index in [2.05, 4.69) is 16.1 Å². The fourth-order valence-corrected chi connectivity index (χ4v) is 1.39. The standard InChI is InChI=1S/C9H14O8/c1-2-5(11)17-9(15)8(14)7(13)6(12)4(3-10)16-9/h2,4,6-8,10,12-15H,1,3H2/t4-,6-,7+,8-,9?/m1/s1. The first-order valence-electron chi connectivity index (χ1n) is 4.76. The minimum atomic E-state index is -2.85. The highest BCUT2D eigenvalue weighted by Crippen LogP contribution is 2.29. The molecule has 17 heavy (non-hydrogen) atoms. The van der Waals surface area contributed by atoms with E-state index < -0.39 is 43.0 Å². The summed E-state index contributed by atoms with van der Waals surface area (Å²) in [5.41, 5.74) is 0. The van der Waals surface area contributed by atoms with Gasteiger partial charge in [0, 0.05) is 6.08 Å². The average molecular weight is 250 g/mol. The first kappa shape index (κ1) is 14.0. The van der Waals surface area contributed by atoms with Gasteiger partial charge in [0.05, 0.1) is 6.61 Å². The molecule has 1 aliphatic rings. The number of hydrogen-bond acceptors (Lipinski definition) is 8. The van der Waals surface area contributed by atoms with Crippen LogP contribution in [-0.4, -0.2) is 68.5 Å². The van der Waals surface area contributed by atoms with Gasteiger partial charge in [-0.2, -0.15) is 0 Å². The zero-order chi connectivity index (χ0) is 13.2. The fourth-order valence-electron chi connectivity index (χ4n) is 1.39. The van der Waals surface area contributed by atoms with Crippen molar-refractivity contribution < 1.29 is 39.8 Å². The molecule has 1 saturated heterocycles. The van der Waals surface area contributed by atoms with Gasteiger partial charge in [-0.15, -0.1) is 0 Å². The Morgan fingerprint density at radius 3 is 2.47 bits per heavy atom. The number of aliphatic hydroxyl groups excluding tert-OH is 4. The van der Waals surface area contributed by atoms with Gasteiger partial charge in [-0.25, -0.2) is 4.79 Å². The Balaban J connectivity index is 2.90. The minimum absolute atomic E-state index is 0.708. The monoisotopic (exact) mass is 250 g/mol. The maximum Gasteiger partial charge on any atom is 0.357 e. The predicted molar refractivity (Wildman–Crippen MR) is 51.2 cm³/mol. The number of carbonyl (C=O) groups excluding carboxylic acids is 1. The molecule has 0 bridgehead atoms. The molecule has 0 amide bonds. The second-order valence-corrected chi connectivity index (χ2v) is 3.52. The van der Waals surface area contributed by atoms with E-state index in [9.17, 15) is 25.2 Å². The van der Waals surface area contributed by atoms with E-state index in [1.807, 2.05) is 0 Å². The van der Waals surface area contributed by atoms with Gasteiger partial charge >= 0.3 is 11.9 Å². The third kappa shape index (κ3) is 2.63. The normalized spacial score (nSPS) is 41.9. The molecular weight excluding hydrogens is 236 g/mol. The van der Waals surface area contributed by atoms with Crippen LogP contribution in [0.3, 0.4) is 0 Å². The van der Waals surface area contributed by atoms with Crippen molar-refractivity contribution in [3.8, 4) is 0 Å². The Morgan fingerprint density at radius 1 is 1.41 bits per heavy atom. The first-order chi connectivity index (χ1) is 7.85. The molecule has 0 aromatic heterocycles. The van der Waals surface area contributed by atoms with Crippen molar-refractivity contribution in [3.05, 3.63) is 12.7 Å². The summed E-state index contributed by atoms with van der Waals surface area (Å²) in [6.07, 6.45) is -6.25. The molecule has 1 heterocycles. The lowest BCUT2D eigenvalue weighted by atomic mass is 9.98. The number of hydrogen-bond donors (Lipinski definition) is 5. The molecule has 0 radical (unpaired) electrons. The van der Waals surface area contributed by atoms with E-state index in [1.54, 1.807) is 0 Å². The number of rotatable bonds is 3. The van der Waals surface area contributed by atoms with Gasteiger partial charge < -0.3 is 35.0 Å². The highest BCUT2D eigenvalue weighted by molar-refractivity contribution is 5.81. The van der Waals surface area contributed by atoms with Crippen LogP contribution in [0.2, 0.25) is 0 Å². The van der Waals surface area contributed by atoms with Crippen LogP contribution in [0.25, 0.3) is 0 Å². The van der Waals surface area contributed by atoms with Gasteiger partial charge in [0.1, 0.15) is 18.3 Å². The summed E-state index contributed by atoms with van der Waals surface area (Å²) >= 11 is 0. The number of ether oxygens (including phenoxy) is 2. The minimum Gasteiger partial charge on any atom is -0.402 e. The lowest BCUT2D eigenvalue weighted by Gasteiger charge is -2.43. The summed E-state index contributed by atoms with van der Waals surface area (Å²) in [4.78, 5) is 10.9. The Kier molecular flexibility index (Phi) is 4.20. The topological polar surface area (TPSA) is 137 Å². The van der Waals surface area contributed by atoms with Gasteiger partial charge in [-0.05, 0) is 0 Å². The van der Waals surface area contributed by atoms with Gasteiger partial charge in [-0.3, -0.25) is 0 Å². The molecule has 5 N–H and O–H groups in total. The van der Waals surface area contributed by atoms with Crippen molar-refractivity contribution >= 4 is 5.97 Å². The van der Waals surface area contributed by atoms with E-state index in [4.69, 9.17) is 5.11 Å². The smallest absolute Gasteiger partial charge is 0.357 e. The second-order valence-electron chi connectivity index (χ2n) is 3.52. The van der Waals surface area contributed by atoms with E-state index in [0.717, 1.165) is 0 Å². The summed E-state index contributed by atoms with van der Waals surface area (Å²) in [6, 6.07) is 0. The molecule has 0 aromatic carbocycles. The lowest BCUT2D eigenvalue weighted by molar-refractivity contribution is -0.433. The summed E-state index contributed by atoms with van der Waals surface area (Å²) in [5, 5.41) is 46.7. The largest absolute Gasteiger partial charge is 0.402 e. The van der Waals surface area contributed by atoms with Crippen molar-refractivity contribution in [1.82, 2.24) is 0 Å². The maximum absolute atomic E-state index is 10.9. The van der Waals surface area contributed by atoms with Crippen LogP contribution in [0.15, 0.2) is 12.7 Å². The quantitative estimate of drug-likeness (QED) is 0.201. The Labute approximate surface area is 96.3 Å². The number of esters is 1. The van der Waals surface area contributed by atoms with Crippen LogP contribution >= 0.6 is 0 Å². The van der Waals surface area contributed by atoms with Crippen molar-refractivity contribution in [3.63, 3.8) is 0 Å². The Bertz CT molecular complexity index is 303. The Morgan fingerprint density at radius 2 is 2.00 bits per heavy atom. The van der Waals surface area contributed by atoms with Gasteiger partial charge in [-0.1, -0.05) is 6.58 Å².